The molecule has 0 saturated carbocycles. The molecule has 5 heteroatoms. The van der Waals surface area contributed by atoms with E-state index in [0.29, 0.717) is 28.9 Å². The molecular formula is C18H19ClO4. The highest BCUT2D eigenvalue weighted by Crippen LogP contribution is 2.26. The average Bonchev–Trinajstić information content (AvgIpc) is 2.51. The maximum absolute atomic E-state index is 11.8. The van der Waals surface area contributed by atoms with E-state index < -0.39 is 11.6 Å². The van der Waals surface area contributed by atoms with Gasteiger partial charge in [0.05, 0.1) is 6.61 Å². The molecule has 0 amide bonds. The molecule has 122 valence electrons. The van der Waals surface area contributed by atoms with Crippen molar-refractivity contribution in [2.45, 2.75) is 26.4 Å². The second kappa shape index (κ2) is 7.38. The fourth-order valence-corrected chi connectivity index (χ4v) is 1.98. The van der Waals surface area contributed by atoms with Gasteiger partial charge in [0.15, 0.2) is 5.60 Å². The van der Waals surface area contributed by atoms with E-state index >= 15 is 0 Å². The van der Waals surface area contributed by atoms with E-state index in [1.165, 1.54) is 0 Å². The monoisotopic (exact) mass is 334 g/mol. The molecule has 0 aliphatic rings. The van der Waals surface area contributed by atoms with Crippen molar-refractivity contribution in [1.82, 2.24) is 0 Å². The van der Waals surface area contributed by atoms with Gasteiger partial charge in [-0.25, -0.2) is 4.79 Å². The summed E-state index contributed by atoms with van der Waals surface area (Å²) in [6.45, 7) is 5.42. The van der Waals surface area contributed by atoms with Crippen LogP contribution in [0.5, 0.6) is 17.2 Å². The predicted molar refractivity (Wildman–Crippen MR) is 89.3 cm³/mol. The Morgan fingerprint density at radius 2 is 1.43 bits per heavy atom. The van der Waals surface area contributed by atoms with Gasteiger partial charge in [0.1, 0.15) is 17.2 Å². The number of rotatable bonds is 6. The van der Waals surface area contributed by atoms with E-state index in [1.807, 2.05) is 0 Å². The minimum Gasteiger partial charge on any atom is -0.476 e. The number of esters is 1. The number of carbonyl (C=O) groups is 1. The molecule has 0 bridgehead atoms. The fraction of sp³-hybridized carbons (Fsp3) is 0.278. The smallest absolute Gasteiger partial charge is 0.349 e. The average molecular weight is 335 g/mol. The summed E-state index contributed by atoms with van der Waals surface area (Å²) in [5.74, 6) is 1.51. The van der Waals surface area contributed by atoms with Crippen LogP contribution in [-0.4, -0.2) is 18.2 Å². The molecule has 0 fully saturated rings. The van der Waals surface area contributed by atoms with Gasteiger partial charge in [0, 0.05) is 5.02 Å². The minimum atomic E-state index is -1.05. The molecule has 2 aromatic rings. The van der Waals surface area contributed by atoms with Crippen LogP contribution in [0, 0.1) is 0 Å². The van der Waals surface area contributed by atoms with Gasteiger partial charge in [-0.15, -0.1) is 0 Å². The van der Waals surface area contributed by atoms with Crippen molar-refractivity contribution in [2.75, 3.05) is 6.61 Å². The Labute approximate surface area is 140 Å². The highest BCUT2D eigenvalue weighted by molar-refractivity contribution is 6.30. The highest BCUT2D eigenvalue weighted by atomic mass is 35.5. The normalized spacial score (nSPS) is 11.0. The third-order valence-corrected chi connectivity index (χ3v) is 3.27. The van der Waals surface area contributed by atoms with E-state index in [4.69, 9.17) is 25.8 Å². The van der Waals surface area contributed by atoms with Crippen molar-refractivity contribution < 1.29 is 19.0 Å². The van der Waals surface area contributed by atoms with Crippen LogP contribution in [0.4, 0.5) is 0 Å². The zero-order chi connectivity index (χ0) is 16.9. The Morgan fingerprint density at radius 1 is 0.957 bits per heavy atom. The second-order valence-electron chi connectivity index (χ2n) is 5.36. The van der Waals surface area contributed by atoms with Crippen molar-refractivity contribution in [3.05, 3.63) is 53.6 Å². The number of ether oxygens (including phenoxy) is 3. The first-order valence-electron chi connectivity index (χ1n) is 7.30. The van der Waals surface area contributed by atoms with E-state index in [9.17, 15) is 4.79 Å². The molecule has 0 aliphatic carbocycles. The first kappa shape index (κ1) is 17.2. The number of carbonyl (C=O) groups excluding carboxylic acids is 1. The molecule has 0 unspecified atom stereocenters. The summed E-state index contributed by atoms with van der Waals surface area (Å²) in [5.41, 5.74) is -1.05. The summed E-state index contributed by atoms with van der Waals surface area (Å²) in [4.78, 5) is 11.8. The summed E-state index contributed by atoms with van der Waals surface area (Å²) >= 11 is 5.84. The largest absolute Gasteiger partial charge is 0.476 e. The lowest BCUT2D eigenvalue weighted by Crippen LogP contribution is -2.39. The molecule has 0 radical (unpaired) electrons. The van der Waals surface area contributed by atoms with Crippen LogP contribution in [0.3, 0.4) is 0 Å². The Bertz CT molecular complexity index is 648. The van der Waals surface area contributed by atoms with Crippen LogP contribution < -0.4 is 9.47 Å². The van der Waals surface area contributed by atoms with Gasteiger partial charge in [-0.1, -0.05) is 11.6 Å². The standard InChI is InChI=1S/C18H19ClO4/c1-4-21-17(20)18(2,3)23-16-11-9-15(10-12-16)22-14-7-5-13(19)6-8-14/h5-12H,4H2,1-3H3. The number of hydrogen-bond donors (Lipinski definition) is 0. The van der Waals surface area contributed by atoms with E-state index in [-0.39, 0.29) is 0 Å². The van der Waals surface area contributed by atoms with Gasteiger partial charge in [0.2, 0.25) is 0 Å². The van der Waals surface area contributed by atoms with Crippen LogP contribution in [0.25, 0.3) is 0 Å². The lowest BCUT2D eigenvalue weighted by molar-refractivity contribution is -0.158. The van der Waals surface area contributed by atoms with Crippen molar-refractivity contribution >= 4 is 17.6 Å². The lowest BCUT2D eigenvalue weighted by Gasteiger charge is -2.24. The first-order valence-corrected chi connectivity index (χ1v) is 7.68. The summed E-state index contributed by atoms with van der Waals surface area (Å²) in [6.07, 6.45) is 0. The van der Waals surface area contributed by atoms with Gasteiger partial charge in [-0.2, -0.15) is 0 Å². The van der Waals surface area contributed by atoms with Crippen molar-refractivity contribution in [1.29, 1.82) is 0 Å². The second-order valence-corrected chi connectivity index (χ2v) is 5.80. The lowest BCUT2D eigenvalue weighted by atomic mass is 10.1. The fourth-order valence-electron chi connectivity index (χ4n) is 1.86. The van der Waals surface area contributed by atoms with E-state index in [0.717, 1.165) is 0 Å². The molecule has 0 heterocycles. The molecule has 2 rings (SSSR count). The summed E-state index contributed by atoms with van der Waals surface area (Å²) in [5, 5.41) is 0.655. The van der Waals surface area contributed by atoms with Gasteiger partial charge in [0.25, 0.3) is 0 Å². The summed E-state index contributed by atoms with van der Waals surface area (Å²) < 4.78 is 16.4. The molecular weight excluding hydrogens is 316 g/mol. The topological polar surface area (TPSA) is 44.8 Å². The minimum absolute atomic E-state index is 0.319. The first-order chi connectivity index (χ1) is 10.9. The maximum atomic E-state index is 11.8. The van der Waals surface area contributed by atoms with Crippen molar-refractivity contribution in [3.8, 4) is 17.2 Å². The molecule has 0 spiro atoms. The van der Waals surface area contributed by atoms with Gasteiger partial charge < -0.3 is 14.2 Å². The zero-order valence-corrected chi connectivity index (χ0v) is 14.1. The van der Waals surface area contributed by atoms with E-state index in [2.05, 4.69) is 0 Å². The Morgan fingerprint density at radius 3 is 1.96 bits per heavy atom. The Hall–Kier alpha value is -2.20. The molecule has 4 nitrogen and oxygen atoms in total. The quantitative estimate of drug-likeness (QED) is 0.708. The zero-order valence-electron chi connectivity index (χ0n) is 13.3. The number of halogens is 1. The van der Waals surface area contributed by atoms with E-state index in [1.54, 1.807) is 69.3 Å². The van der Waals surface area contributed by atoms with Gasteiger partial charge in [-0.3, -0.25) is 0 Å². The van der Waals surface area contributed by atoms with Crippen LogP contribution in [0.15, 0.2) is 48.5 Å². The van der Waals surface area contributed by atoms with Crippen molar-refractivity contribution in [2.24, 2.45) is 0 Å². The third kappa shape index (κ3) is 4.89. The number of hydrogen-bond acceptors (Lipinski definition) is 4. The van der Waals surface area contributed by atoms with Crippen molar-refractivity contribution in [3.63, 3.8) is 0 Å². The Balaban J connectivity index is 2.01. The molecule has 0 atom stereocenters. The van der Waals surface area contributed by atoms with Gasteiger partial charge in [-0.05, 0) is 69.3 Å². The molecule has 0 saturated heterocycles. The van der Waals surface area contributed by atoms with Crippen LogP contribution >= 0.6 is 11.6 Å². The Kier molecular flexibility index (Phi) is 5.50. The molecule has 0 aliphatic heterocycles. The SMILES string of the molecule is CCOC(=O)C(C)(C)Oc1ccc(Oc2ccc(Cl)cc2)cc1. The van der Waals surface area contributed by atoms with Crippen LogP contribution in [-0.2, 0) is 9.53 Å². The third-order valence-electron chi connectivity index (χ3n) is 3.01. The highest BCUT2D eigenvalue weighted by Gasteiger charge is 2.31. The maximum Gasteiger partial charge on any atom is 0.349 e. The number of benzene rings is 2. The summed E-state index contributed by atoms with van der Waals surface area (Å²) in [7, 11) is 0. The van der Waals surface area contributed by atoms with Crippen LogP contribution in [0.2, 0.25) is 5.02 Å². The molecule has 0 N–H and O–H groups in total. The summed E-state index contributed by atoms with van der Waals surface area (Å²) in [6, 6.07) is 14.1. The molecule has 23 heavy (non-hydrogen) atoms. The van der Waals surface area contributed by atoms with Crippen LogP contribution in [0.1, 0.15) is 20.8 Å². The van der Waals surface area contributed by atoms with Gasteiger partial charge >= 0.3 is 5.97 Å². The molecule has 2 aromatic carbocycles. The molecule has 0 aromatic heterocycles. The predicted octanol–water partition coefficient (Wildman–Crippen LogP) is 4.85.